The van der Waals surface area contributed by atoms with Crippen molar-refractivity contribution in [2.45, 2.75) is 31.3 Å². The maximum atomic E-state index is 12.8. The first-order valence-corrected chi connectivity index (χ1v) is 11.8. The lowest BCUT2D eigenvalue weighted by atomic mass is 9.91. The van der Waals surface area contributed by atoms with Crippen LogP contribution < -0.4 is 10.1 Å². The van der Waals surface area contributed by atoms with E-state index in [0.29, 0.717) is 31.1 Å². The predicted molar refractivity (Wildman–Crippen MR) is 125 cm³/mol. The van der Waals surface area contributed by atoms with Crippen LogP contribution in [0.5, 0.6) is 5.75 Å². The van der Waals surface area contributed by atoms with Crippen molar-refractivity contribution >= 4 is 28.6 Å². The van der Waals surface area contributed by atoms with Crippen LogP contribution in [0, 0.1) is 0 Å². The topological polar surface area (TPSA) is 94.7 Å². The molecule has 0 spiro atoms. The van der Waals surface area contributed by atoms with E-state index < -0.39 is 11.9 Å². The van der Waals surface area contributed by atoms with Crippen LogP contribution in [0.25, 0.3) is 10.9 Å². The molecule has 0 bridgehead atoms. The first-order valence-electron chi connectivity index (χ1n) is 11.8. The van der Waals surface area contributed by atoms with Gasteiger partial charge in [0, 0.05) is 61.2 Å². The number of para-hydroxylation sites is 1. The summed E-state index contributed by atoms with van der Waals surface area (Å²) in [6.07, 6.45) is 2.75. The zero-order valence-electron chi connectivity index (χ0n) is 18.8. The summed E-state index contributed by atoms with van der Waals surface area (Å²) >= 11 is 0. The molecule has 1 aromatic heterocycles. The number of likely N-dealkylation sites (tertiary alicyclic amines) is 1. The minimum atomic E-state index is -0.599. The average Bonchev–Trinajstić information content (AvgIpc) is 3.36. The van der Waals surface area contributed by atoms with Crippen molar-refractivity contribution in [3.8, 4) is 5.75 Å². The van der Waals surface area contributed by atoms with Gasteiger partial charge in [-0.15, -0.1) is 0 Å². The summed E-state index contributed by atoms with van der Waals surface area (Å²) in [4.78, 5) is 43.7. The number of imide groups is 1. The molecular weight excluding hydrogens is 432 g/mol. The molecule has 0 radical (unpaired) electrons. The van der Waals surface area contributed by atoms with E-state index in [1.807, 2.05) is 18.2 Å². The number of fused-ring (bicyclic) bond motifs is 2. The monoisotopic (exact) mass is 458 g/mol. The maximum Gasteiger partial charge on any atom is 0.255 e. The number of hydrogen-bond donors (Lipinski definition) is 2. The minimum absolute atomic E-state index is 0.167. The van der Waals surface area contributed by atoms with Gasteiger partial charge in [-0.2, -0.15) is 0 Å². The molecule has 4 heterocycles. The number of carbonyl (C=O) groups is 3. The Morgan fingerprint density at radius 1 is 1.06 bits per heavy atom. The van der Waals surface area contributed by atoms with Gasteiger partial charge in [0.05, 0.1) is 0 Å². The van der Waals surface area contributed by atoms with Crippen LogP contribution in [0.3, 0.4) is 0 Å². The van der Waals surface area contributed by atoms with Gasteiger partial charge >= 0.3 is 0 Å². The van der Waals surface area contributed by atoms with E-state index in [1.54, 1.807) is 11.0 Å². The molecule has 0 aliphatic carbocycles. The molecule has 1 unspecified atom stereocenters. The normalized spacial score (nSPS) is 21.0. The molecular formula is C26H26N4O4. The van der Waals surface area contributed by atoms with E-state index in [-0.39, 0.29) is 18.2 Å². The van der Waals surface area contributed by atoms with Gasteiger partial charge in [-0.05, 0) is 41.8 Å². The van der Waals surface area contributed by atoms with Gasteiger partial charge in [0.2, 0.25) is 11.8 Å². The van der Waals surface area contributed by atoms with E-state index in [0.717, 1.165) is 30.9 Å². The van der Waals surface area contributed by atoms with Crippen molar-refractivity contribution in [2.75, 3.05) is 26.2 Å². The van der Waals surface area contributed by atoms with Gasteiger partial charge in [-0.3, -0.25) is 24.6 Å². The van der Waals surface area contributed by atoms with E-state index in [9.17, 15) is 14.4 Å². The Kier molecular flexibility index (Phi) is 5.10. The van der Waals surface area contributed by atoms with Gasteiger partial charge in [-0.25, -0.2) is 0 Å². The number of piperidine rings is 1. The van der Waals surface area contributed by atoms with E-state index >= 15 is 0 Å². The van der Waals surface area contributed by atoms with Crippen LogP contribution in [-0.2, 0) is 16.1 Å². The van der Waals surface area contributed by atoms with Crippen molar-refractivity contribution in [1.82, 2.24) is 20.1 Å². The van der Waals surface area contributed by atoms with Gasteiger partial charge in [0.25, 0.3) is 5.91 Å². The van der Waals surface area contributed by atoms with E-state index in [2.05, 4.69) is 39.6 Å². The van der Waals surface area contributed by atoms with Gasteiger partial charge in [-0.1, -0.05) is 18.2 Å². The lowest BCUT2D eigenvalue weighted by molar-refractivity contribution is -0.136. The SMILES string of the molecule is O=C1CCC(N2Cc3cc(OCCN4CC(c5c[nH]c6ccccc56)C4)ccc3C2=O)C(=O)N1. The molecule has 34 heavy (non-hydrogen) atoms. The molecule has 2 N–H and O–H groups in total. The fraction of sp³-hybridized carbons (Fsp3) is 0.346. The molecule has 2 fully saturated rings. The zero-order chi connectivity index (χ0) is 23.2. The van der Waals surface area contributed by atoms with E-state index in [4.69, 9.17) is 4.74 Å². The highest BCUT2D eigenvalue weighted by molar-refractivity contribution is 6.05. The molecule has 3 aliphatic rings. The highest BCUT2D eigenvalue weighted by atomic mass is 16.5. The Morgan fingerprint density at radius 3 is 2.76 bits per heavy atom. The summed E-state index contributed by atoms with van der Waals surface area (Å²) in [5.41, 5.74) is 4.03. The van der Waals surface area contributed by atoms with Crippen molar-refractivity contribution in [1.29, 1.82) is 0 Å². The summed E-state index contributed by atoms with van der Waals surface area (Å²) in [5, 5.41) is 3.64. The standard InChI is InChI=1S/C26H26N4O4/c31-24-8-7-23(25(32)28-24)30-15-16-11-18(5-6-19(16)26(30)33)34-10-9-29-13-17(14-29)21-12-27-22-4-2-1-3-20(21)22/h1-6,11-12,17,23,27H,7-10,13-15H2,(H,28,31,32). The third-order valence-electron chi connectivity index (χ3n) is 7.19. The van der Waals surface area contributed by atoms with Crippen molar-refractivity contribution in [3.63, 3.8) is 0 Å². The zero-order valence-corrected chi connectivity index (χ0v) is 18.8. The second-order valence-corrected chi connectivity index (χ2v) is 9.31. The van der Waals surface area contributed by atoms with Gasteiger partial charge in [0.15, 0.2) is 0 Å². The number of carbonyl (C=O) groups excluding carboxylic acids is 3. The molecule has 174 valence electrons. The fourth-order valence-electron chi connectivity index (χ4n) is 5.31. The molecule has 1 atom stereocenters. The van der Waals surface area contributed by atoms with E-state index in [1.165, 1.54) is 16.5 Å². The molecule has 3 amide bonds. The number of nitrogens with one attached hydrogen (secondary N) is 2. The summed E-state index contributed by atoms with van der Waals surface area (Å²) in [5.74, 6) is 0.427. The number of aromatic amines is 1. The smallest absolute Gasteiger partial charge is 0.255 e. The van der Waals surface area contributed by atoms with Crippen LogP contribution in [-0.4, -0.2) is 64.8 Å². The van der Waals surface area contributed by atoms with Crippen molar-refractivity contribution < 1.29 is 19.1 Å². The van der Waals surface area contributed by atoms with Crippen LogP contribution in [0.15, 0.2) is 48.7 Å². The Bertz CT molecular complexity index is 1290. The van der Waals surface area contributed by atoms with Crippen LogP contribution in [0.4, 0.5) is 0 Å². The minimum Gasteiger partial charge on any atom is -0.492 e. The van der Waals surface area contributed by atoms with Crippen LogP contribution in [0.2, 0.25) is 0 Å². The third-order valence-corrected chi connectivity index (χ3v) is 7.19. The number of H-pyrrole nitrogens is 1. The number of benzene rings is 2. The number of amides is 3. The van der Waals surface area contributed by atoms with Gasteiger partial charge < -0.3 is 14.6 Å². The number of aromatic nitrogens is 1. The fourth-order valence-corrected chi connectivity index (χ4v) is 5.31. The number of rotatable bonds is 6. The Morgan fingerprint density at radius 2 is 1.91 bits per heavy atom. The maximum absolute atomic E-state index is 12.8. The third kappa shape index (κ3) is 3.64. The average molecular weight is 459 g/mol. The molecule has 0 saturated carbocycles. The molecule has 2 aromatic carbocycles. The summed E-state index contributed by atoms with van der Waals surface area (Å²) < 4.78 is 5.98. The lowest BCUT2D eigenvalue weighted by Gasteiger charge is -2.39. The van der Waals surface area contributed by atoms with Gasteiger partial charge in [0.1, 0.15) is 18.4 Å². The molecule has 8 heteroatoms. The summed E-state index contributed by atoms with van der Waals surface area (Å²) in [6.45, 7) is 3.81. The Hall–Kier alpha value is -3.65. The molecule has 8 nitrogen and oxygen atoms in total. The van der Waals surface area contributed by atoms with Crippen molar-refractivity contribution in [2.24, 2.45) is 0 Å². The van der Waals surface area contributed by atoms with Crippen molar-refractivity contribution in [3.05, 3.63) is 65.4 Å². The molecule has 6 rings (SSSR count). The first kappa shape index (κ1) is 20.9. The number of hydrogen-bond acceptors (Lipinski definition) is 5. The second kappa shape index (κ2) is 8.29. The predicted octanol–water partition coefficient (Wildman–Crippen LogP) is 2.41. The number of ether oxygens (including phenoxy) is 1. The molecule has 3 aromatic rings. The largest absolute Gasteiger partial charge is 0.492 e. The Balaban J connectivity index is 1.02. The quantitative estimate of drug-likeness (QED) is 0.554. The molecule has 3 aliphatic heterocycles. The lowest BCUT2D eigenvalue weighted by Crippen LogP contribution is -2.52. The molecule has 2 saturated heterocycles. The highest BCUT2D eigenvalue weighted by Gasteiger charge is 2.39. The summed E-state index contributed by atoms with van der Waals surface area (Å²) in [6, 6.07) is 13.3. The summed E-state index contributed by atoms with van der Waals surface area (Å²) in [7, 11) is 0. The highest BCUT2D eigenvalue weighted by Crippen LogP contribution is 2.33. The second-order valence-electron chi connectivity index (χ2n) is 9.31. The van der Waals surface area contributed by atoms with Crippen LogP contribution in [0.1, 0.15) is 40.2 Å². The Labute approximate surface area is 196 Å². The first-order chi connectivity index (χ1) is 16.6. The van der Waals surface area contributed by atoms with Crippen LogP contribution >= 0.6 is 0 Å². The number of nitrogens with zero attached hydrogens (tertiary/aromatic N) is 2.